The van der Waals surface area contributed by atoms with Crippen molar-refractivity contribution in [3.8, 4) is 0 Å². The Labute approximate surface area is 192 Å². The highest BCUT2D eigenvalue weighted by Crippen LogP contribution is 2.36. The second-order valence-corrected chi connectivity index (χ2v) is 8.49. The quantitative estimate of drug-likeness (QED) is 0.474. The van der Waals surface area contributed by atoms with Crippen LogP contribution in [0, 0.1) is 6.92 Å². The van der Waals surface area contributed by atoms with Gasteiger partial charge in [0, 0.05) is 54.9 Å². The van der Waals surface area contributed by atoms with Gasteiger partial charge in [0.1, 0.15) is 5.15 Å². The molecule has 1 aliphatic heterocycles. The molecule has 0 bridgehead atoms. The topological polar surface area (TPSA) is 47.4 Å². The first-order valence-electron chi connectivity index (χ1n) is 9.94. The molecular formula is C22H20Cl2F3N3O2. The van der Waals surface area contributed by atoms with Gasteiger partial charge in [0.15, 0.2) is 0 Å². The monoisotopic (exact) mass is 485 g/mol. The first-order chi connectivity index (χ1) is 15.1. The molecule has 0 radical (unpaired) electrons. The Balaban J connectivity index is 1.73. The molecule has 1 aliphatic rings. The summed E-state index contributed by atoms with van der Waals surface area (Å²) in [5.74, 6) is -0.258. The summed E-state index contributed by atoms with van der Waals surface area (Å²) in [6.45, 7) is 3.46. The number of fused-ring (bicyclic) bond motifs is 1. The highest BCUT2D eigenvalue weighted by molar-refractivity contribution is 6.37. The maximum Gasteiger partial charge on any atom is 0.416 e. The molecule has 0 spiro atoms. The average molecular weight is 486 g/mol. The van der Waals surface area contributed by atoms with Gasteiger partial charge in [0.05, 0.1) is 29.4 Å². The molecule has 2 aromatic heterocycles. The number of alkyl halides is 3. The third-order valence-electron chi connectivity index (χ3n) is 5.74. The molecule has 170 valence electrons. The van der Waals surface area contributed by atoms with Gasteiger partial charge in [-0.1, -0.05) is 23.2 Å². The summed E-state index contributed by atoms with van der Waals surface area (Å²) in [6, 6.07) is 4.08. The minimum Gasteiger partial charge on any atom is -0.378 e. The molecule has 5 nitrogen and oxygen atoms in total. The molecule has 0 aliphatic carbocycles. The molecule has 1 fully saturated rings. The molecule has 3 aromatic rings. The first-order valence-corrected chi connectivity index (χ1v) is 10.7. The lowest BCUT2D eigenvalue weighted by Gasteiger charge is -2.27. The molecule has 0 N–H and O–H groups in total. The van der Waals surface area contributed by atoms with E-state index in [-0.39, 0.29) is 28.1 Å². The second kappa shape index (κ2) is 8.57. The van der Waals surface area contributed by atoms with E-state index in [0.29, 0.717) is 54.0 Å². The molecule has 0 atom stereocenters. The van der Waals surface area contributed by atoms with Crippen LogP contribution in [-0.4, -0.2) is 46.7 Å². The van der Waals surface area contributed by atoms with E-state index in [1.54, 1.807) is 23.4 Å². The van der Waals surface area contributed by atoms with E-state index < -0.39 is 11.7 Å². The fourth-order valence-electron chi connectivity index (χ4n) is 3.92. The number of aromatic nitrogens is 2. The molecule has 1 saturated heterocycles. The number of rotatable bonds is 3. The summed E-state index contributed by atoms with van der Waals surface area (Å²) in [7, 11) is 1.69. The number of amides is 1. The number of hydrogen-bond acceptors (Lipinski definition) is 3. The largest absolute Gasteiger partial charge is 0.416 e. The fraction of sp³-hybridized carbons (Fsp3) is 0.364. The van der Waals surface area contributed by atoms with E-state index in [2.05, 4.69) is 4.98 Å². The van der Waals surface area contributed by atoms with Gasteiger partial charge >= 0.3 is 6.18 Å². The van der Waals surface area contributed by atoms with Crippen LogP contribution in [0.25, 0.3) is 10.9 Å². The van der Waals surface area contributed by atoms with Crippen LogP contribution in [0.2, 0.25) is 10.2 Å². The second-order valence-electron chi connectivity index (χ2n) is 7.75. The summed E-state index contributed by atoms with van der Waals surface area (Å²) in [5, 5.41) is 1.04. The van der Waals surface area contributed by atoms with Crippen molar-refractivity contribution in [1.29, 1.82) is 0 Å². The standard InChI is InChI=1S/C22H20Cl2F3N3O2/c1-12-7-13(22(25,26)27)8-18-15(12)9-14(29(18)2)10-16-19(23)17(11-28-20(16)24)21(31)30-3-5-32-6-4-30/h7-9,11H,3-6,10H2,1-2H3. The zero-order chi connectivity index (χ0) is 23.2. The van der Waals surface area contributed by atoms with Crippen LogP contribution >= 0.6 is 23.2 Å². The highest BCUT2D eigenvalue weighted by Gasteiger charge is 2.32. The average Bonchev–Trinajstić information content (AvgIpc) is 3.07. The van der Waals surface area contributed by atoms with Crippen LogP contribution in [0.4, 0.5) is 13.2 Å². The molecule has 1 amide bonds. The number of aryl methyl sites for hydroxylation is 2. The van der Waals surface area contributed by atoms with E-state index in [0.717, 1.165) is 12.1 Å². The maximum atomic E-state index is 13.3. The lowest BCUT2D eigenvalue weighted by molar-refractivity contribution is -0.137. The van der Waals surface area contributed by atoms with Crippen LogP contribution < -0.4 is 0 Å². The predicted molar refractivity (Wildman–Crippen MR) is 116 cm³/mol. The smallest absolute Gasteiger partial charge is 0.378 e. The first kappa shape index (κ1) is 22.9. The third kappa shape index (κ3) is 4.19. The zero-order valence-electron chi connectivity index (χ0n) is 17.4. The number of pyridine rings is 1. The number of carbonyl (C=O) groups excluding carboxylic acids is 1. The van der Waals surface area contributed by atoms with Crippen LogP contribution in [0.5, 0.6) is 0 Å². The Morgan fingerprint density at radius 2 is 1.88 bits per heavy atom. The van der Waals surface area contributed by atoms with Gasteiger partial charge in [0.25, 0.3) is 5.91 Å². The molecule has 32 heavy (non-hydrogen) atoms. The van der Waals surface area contributed by atoms with E-state index in [1.807, 2.05) is 6.07 Å². The lowest BCUT2D eigenvalue weighted by Crippen LogP contribution is -2.40. The minimum atomic E-state index is -4.44. The van der Waals surface area contributed by atoms with Crippen LogP contribution in [0.15, 0.2) is 24.4 Å². The summed E-state index contributed by atoms with van der Waals surface area (Å²) < 4.78 is 46.8. The third-order valence-corrected chi connectivity index (χ3v) is 6.50. The predicted octanol–water partition coefficient (Wildman–Crippen LogP) is 5.27. The van der Waals surface area contributed by atoms with Crippen molar-refractivity contribution in [3.63, 3.8) is 0 Å². The number of ether oxygens (including phenoxy) is 1. The molecule has 0 saturated carbocycles. The van der Waals surface area contributed by atoms with E-state index in [4.69, 9.17) is 27.9 Å². The van der Waals surface area contributed by atoms with Gasteiger partial charge in [0.2, 0.25) is 0 Å². The summed E-state index contributed by atoms with van der Waals surface area (Å²) in [6.07, 6.45) is -2.87. The number of carbonyl (C=O) groups is 1. The number of benzene rings is 1. The molecular weight excluding hydrogens is 466 g/mol. The summed E-state index contributed by atoms with van der Waals surface area (Å²) in [5.41, 5.74) is 1.65. The normalized spacial score (nSPS) is 14.9. The molecule has 1 aromatic carbocycles. The van der Waals surface area contributed by atoms with Gasteiger partial charge < -0.3 is 14.2 Å². The number of morpholine rings is 1. The Morgan fingerprint density at radius 1 is 1.19 bits per heavy atom. The molecule has 10 heteroatoms. The van der Waals surface area contributed by atoms with Crippen LogP contribution in [0.3, 0.4) is 0 Å². The highest BCUT2D eigenvalue weighted by atomic mass is 35.5. The Bertz CT molecular complexity index is 1200. The van der Waals surface area contributed by atoms with Crippen molar-refractivity contribution in [2.24, 2.45) is 7.05 Å². The maximum absolute atomic E-state index is 13.3. The SMILES string of the molecule is Cc1cc(C(F)(F)F)cc2c1cc(Cc1c(Cl)ncc(C(=O)N3CCOCC3)c1Cl)n2C. The van der Waals surface area contributed by atoms with Crippen molar-refractivity contribution in [1.82, 2.24) is 14.5 Å². The van der Waals surface area contributed by atoms with E-state index in [9.17, 15) is 18.0 Å². The van der Waals surface area contributed by atoms with Crippen molar-refractivity contribution in [2.75, 3.05) is 26.3 Å². The van der Waals surface area contributed by atoms with Crippen molar-refractivity contribution in [3.05, 3.63) is 62.5 Å². The molecule has 4 rings (SSSR count). The van der Waals surface area contributed by atoms with Gasteiger partial charge in [-0.15, -0.1) is 0 Å². The summed E-state index contributed by atoms with van der Waals surface area (Å²) in [4.78, 5) is 18.7. The number of nitrogens with zero attached hydrogens (tertiary/aromatic N) is 3. The van der Waals surface area contributed by atoms with Crippen LogP contribution in [0.1, 0.15) is 32.7 Å². The Morgan fingerprint density at radius 3 is 2.53 bits per heavy atom. The van der Waals surface area contributed by atoms with Gasteiger partial charge in [-0.05, 0) is 30.7 Å². The Hall–Kier alpha value is -2.29. The lowest BCUT2D eigenvalue weighted by atomic mass is 10.1. The van der Waals surface area contributed by atoms with E-state index >= 15 is 0 Å². The fourth-order valence-corrected chi connectivity index (χ4v) is 4.47. The van der Waals surface area contributed by atoms with Gasteiger partial charge in [-0.25, -0.2) is 4.98 Å². The van der Waals surface area contributed by atoms with Crippen molar-refractivity contribution in [2.45, 2.75) is 19.5 Å². The van der Waals surface area contributed by atoms with Gasteiger partial charge in [-0.2, -0.15) is 13.2 Å². The zero-order valence-corrected chi connectivity index (χ0v) is 18.9. The minimum absolute atomic E-state index is 0.145. The van der Waals surface area contributed by atoms with Crippen LogP contribution in [-0.2, 0) is 24.4 Å². The van der Waals surface area contributed by atoms with Crippen molar-refractivity contribution < 1.29 is 22.7 Å². The number of hydrogen-bond donors (Lipinski definition) is 0. The summed E-state index contributed by atoms with van der Waals surface area (Å²) >= 11 is 12.9. The van der Waals surface area contributed by atoms with E-state index in [1.165, 1.54) is 6.20 Å². The van der Waals surface area contributed by atoms with Gasteiger partial charge in [-0.3, -0.25) is 4.79 Å². The number of halogens is 5. The Kier molecular flexibility index (Phi) is 6.13. The molecule has 0 unspecified atom stereocenters. The van der Waals surface area contributed by atoms with Crippen molar-refractivity contribution >= 4 is 40.0 Å². The molecule has 3 heterocycles.